The second kappa shape index (κ2) is 4.62. The van der Waals surface area contributed by atoms with Gasteiger partial charge in [-0.2, -0.15) is 0 Å². The molecule has 2 rings (SSSR count). The number of nitrogens with zero attached hydrogens (tertiary/aromatic N) is 1. The van der Waals surface area contributed by atoms with E-state index in [2.05, 4.69) is 17.2 Å². The summed E-state index contributed by atoms with van der Waals surface area (Å²) in [7, 11) is 1.65. The van der Waals surface area contributed by atoms with Gasteiger partial charge in [-0.05, 0) is 30.4 Å². The van der Waals surface area contributed by atoms with Crippen LogP contribution in [0.2, 0.25) is 0 Å². The molecule has 1 aromatic rings. The predicted molar refractivity (Wildman–Crippen MR) is 59.8 cm³/mol. The third-order valence-electron chi connectivity index (χ3n) is 2.98. The Hall–Kier alpha value is -1.09. The van der Waals surface area contributed by atoms with Gasteiger partial charge in [-0.1, -0.05) is 6.92 Å². The van der Waals surface area contributed by atoms with E-state index in [9.17, 15) is 0 Å². The number of methoxy groups -OCH3 is 1. The SMILES string of the molecule is COc1cc(CNC2CC(C)C2)ccn1. The maximum absolute atomic E-state index is 5.08. The molecule has 1 heterocycles. The van der Waals surface area contributed by atoms with E-state index in [1.807, 2.05) is 12.1 Å². The minimum atomic E-state index is 0.691. The monoisotopic (exact) mass is 206 g/mol. The summed E-state index contributed by atoms with van der Waals surface area (Å²) in [5.41, 5.74) is 1.24. The van der Waals surface area contributed by atoms with Crippen molar-refractivity contribution in [3.05, 3.63) is 23.9 Å². The van der Waals surface area contributed by atoms with Gasteiger partial charge in [0.25, 0.3) is 0 Å². The largest absolute Gasteiger partial charge is 0.481 e. The summed E-state index contributed by atoms with van der Waals surface area (Å²) < 4.78 is 5.08. The normalized spacial score (nSPS) is 24.7. The number of aromatic nitrogens is 1. The average Bonchev–Trinajstić information content (AvgIpc) is 2.23. The zero-order valence-electron chi connectivity index (χ0n) is 9.36. The van der Waals surface area contributed by atoms with E-state index in [0.29, 0.717) is 11.9 Å². The topological polar surface area (TPSA) is 34.1 Å². The molecule has 3 heteroatoms. The van der Waals surface area contributed by atoms with Gasteiger partial charge < -0.3 is 10.1 Å². The van der Waals surface area contributed by atoms with Gasteiger partial charge in [-0.3, -0.25) is 0 Å². The van der Waals surface area contributed by atoms with Crippen molar-refractivity contribution in [3.63, 3.8) is 0 Å². The van der Waals surface area contributed by atoms with Crippen molar-refractivity contribution < 1.29 is 4.74 Å². The van der Waals surface area contributed by atoms with Crippen LogP contribution in [-0.4, -0.2) is 18.1 Å². The molecule has 0 amide bonds. The molecule has 0 aliphatic heterocycles. The summed E-state index contributed by atoms with van der Waals surface area (Å²) in [4.78, 5) is 4.08. The fourth-order valence-electron chi connectivity index (χ4n) is 2.00. The van der Waals surface area contributed by atoms with Crippen molar-refractivity contribution in [1.29, 1.82) is 0 Å². The van der Waals surface area contributed by atoms with E-state index >= 15 is 0 Å². The first kappa shape index (κ1) is 10.4. The predicted octanol–water partition coefficient (Wildman–Crippen LogP) is 1.98. The Kier molecular flexibility index (Phi) is 3.21. The molecular weight excluding hydrogens is 188 g/mol. The van der Waals surface area contributed by atoms with Crippen LogP contribution in [0.1, 0.15) is 25.3 Å². The van der Waals surface area contributed by atoms with E-state index in [1.165, 1.54) is 18.4 Å². The highest BCUT2D eigenvalue weighted by atomic mass is 16.5. The summed E-state index contributed by atoms with van der Waals surface area (Å²) in [6.07, 6.45) is 4.41. The summed E-state index contributed by atoms with van der Waals surface area (Å²) in [5, 5.41) is 3.53. The lowest BCUT2D eigenvalue weighted by Crippen LogP contribution is -2.39. The van der Waals surface area contributed by atoms with Crippen molar-refractivity contribution in [1.82, 2.24) is 10.3 Å². The van der Waals surface area contributed by atoms with E-state index in [1.54, 1.807) is 13.3 Å². The molecule has 1 aliphatic rings. The Bertz CT molecular complexity index is 321. The van der Waals surface area contributed by atoms with Gasteiger partial charge in [0, 0.05) is 24.8 Å². The highest BCUT2D eigenvalue weighted by Crippen LogP contribution is 2.26. The molecule has 1 saturated carbocycles. The number of ether oxygens (including phenoxy) is 1. The van der Waals surface area contributed by atoms with Crippen molar-refractivity contribution in [3.8, 4) is 5.88 Å². The smallest absolute Gasteiger partial charge is 0.213 e. The Labute approximate surface area is 90.9 Å². The van der Waals surface area contributed by atoms with Gasteiger partial charge >= 0.3 is 0 Å². The number of hydrogen-bond donors (Lipinski definition) is 1. The molecule has 1 fully saturated rings. The van der Waals surface area contributed by atoms with E-state index in [4.69, 9.17) is 4.74 Å². The number of pyridine rings is 1. The van der Waals surface area contributed by atoms with Crippen LogP contribution in [0.15, 0.2) is 18.3 Å². The highest BCUT2D eigenvalue weighted by Gasteiger charge is 2.24. The lowest BCUT2D eigenvalue weighted by Gasteiger charge is -2.33. The van der Waals surface area contributed by atoms with Crippen molar-refractivity contribution >= 4 is 0 Å². The Balaban J connectivity index is 1.82. The van der Waals surface area contributed by atoms with Crippen molar-refractivity contribution in [2.24, 2.45) is 5.92 Å². The Morgan fingerprint density at radius 2 is 2.33 bits per heavy atom. The van der Waals surface area contributed by atoms with Gasteiger partial charge in [0.1, 0.15) is 0 Å². The zero-order chi connectivity index (χ0) is 10.7. The van der Waals surface area contributed by atoms with Gasteiger partial charge in [0.05, 0.1) is 7.11 Å². The van der Waals surface area contributed by atoms with Crippen LogP contribution < -0.4 is 10.1 Å². The molecule has 0 unspecified atom stereocenters. The summed E-state index contributed by atoms with van der Waals surface area (Å²) >= 11 is 0. The molecule has 82 valence electrons. The Morgan fingerprint density at radius 3 is 3.00 bits per heavy atom. The lowest BCUT2D eigenvalue weighted by atomic mass is 9.82. The summed E-state index contributed by atoms with van der Waals surface area (Å²) in [6.45, 7) is 3.21. The van der Waals surface area contributed by atoms with Crippen molar-refractivity contribution in [2.75, 3.05) is 7.11 Å². The fourth-order valence-corrected chi connectivity index (χ4v) is 2.00. The molecular formula is C12H18N2O. The minimum absolute atomic E-state index is 0.691. The van der Waals surface area contributed by atoms with Crippen LogP contribution in [0.5, 0.6) is 5.88 Å². The molecule has 1 aliphatic carbocycles. The molecule has 3 nitrogen and oxygen atoms in total. The standard InChI is InChI=1S/C12H18N2O/c1-9-5-11(6-9)14-8-10-3-4-13-12(7-10)15-2/h3-4,7,9,11,14H,5-6,8H2,1-2H3. The van der Waals surface area contributed by atoms with Crippen LogP contribution >= 0.6 is 0 Å². The molecule has 0 aromatic carbocycles. The first-order chi connectivity index (χ1) is 7.28. The molecule has 1 N–H and O–H groups in total. The molecule has 0 saturated heterocycles. The van der Waals surface area contributed by atoms with Gasteiger partial charge in [0.2, 0.25) is 5.88 Å². The Morgan fingerprint density at radius 1 is 1.53 bits per heavy atom. The van der Waals surface area contributed by atoms with Crippen molar-refractivity contribution in [2.45, 2.75) is 32.4 Å². The number of nitrogens with one attached hydrogen (secondary N) is 1. The summed E-state index contributed by atoms with van der Waals surface area (Å²) in [5.74, 6) is 1.59. The minimum Gasteiger partial charge on any atom is -0.481 e. The first-order valence-corrected chi connectivity index (χ1v) is 5.50. The van der Waals surface area contributed by atoms with Crippen LogP contribution in [-0.2, 0) is 6.54 Å². The highest BCUT2D eigenvalue weighted by molar-refractivity contribution is 5.20. The van der Waals surface area contributed by atoms with Crippen LogP contribution in [0, 0.1) is 5.92 Å². The van der Waals surface area contributed by atoms with Gasteiger partial charge in [-0.25, -0.2) is 4.98 Å². The third kappa shape index (κ3) is 2.69. The number of hydrogen-bond acceptors (Lipinski definition) is 3. The molecule has 0 atom stereocenters. The molecule has 0 bridgehead atoms. The number of rotatable bonds is 4. The van der Waals surface area contributed by atoms with E-state index < -0.39 is 0 Å². The maximum atomic E-state index is 5.08. The second-order valence-electron chi connectivity index (χ2n) is 4.36. The van der Waals surface area contributed by atoms with E-state index in [-0.39, 0.29) is 0 Å². The second-order valence-corrected chi connectivity index (χ2v) is 4.36. The van der Waals surface area contributed by atoms with Gasteiger partial charge in [0.15, 0.2) is 0 Å². The lowest BCUT2D eigenvalue weighted by molar-refractivity contribution is 0.240. The molecule has 0 spiro atoms. The molecule has 15 heavy (non-hydrogen) atoms. The first-order valence-electron chi connectivity index (χ1n) is 5.50. The van der Waals surface area contributed by atoms with Crippen LogP contribution in [0.4, 0.5) is 0 Å². The zero-order valence-corrected chi connectivity index (χ0v) is 9.36. The maximum Gasteiger partial charge on any atom is 0.213 e. The van der Waals surface area contributed by atoms with Crippen LogP contribution in [0.3, 0.4) is 0 Å². The van der Waals surface area contributed by atoms with Crippen LogP contribution in [0.25, 0.3) is 0 Å². The average molecular weight is 206 g/mol. The van der Waals surface area contributed by atoms with Gasteiger partial charge in [-0.15, -0.1) is 0 Å². The third-order valence-corrected chi connectivity index (χ3v) is 2.98. The molecule has 1 aromatic heterocycles. The summed E-state index contributed by atoms with van der Waals surface area (Å²) in [6, 6.07) is 4.71. The quantitative estimate of drug-likeness (QED) is 0.818. The fraction of sp³-hybridized carbons (Fsp3) is 0.583. The van der Waals surface area contributed by atoms with E-state index in [0.717, 1.165) is 12.5 Å². The molecule has 0 radical (unpaired) electrons.